The molecule has 1 saturated heterocycles. The smallest absolute Gasteiger partial charge is 0.350 e. The van der Waals surface area contributed by atoms with Crippen molar-refractivity contribution < 1.29 is 13.2 Å². The first-order valence-electron chi connectivity index (χ1n) is 9.11. The standard InChI is InChI=1S/C19H21F3N6/c1-18(2)8-7-12(9-25-18)26-17-23-10-13(19(20,21)22)16(27-17)28-11-24-14-5-3-4-6-15(14)28/h3-6,10-12,25H,7-9H2,1-2H3,(H,23,26,27). The quantitative estimate of drug-likeness (QED) is 0.713. The van der Waals surface area contributed by atoms with E-state index in [9.17, 15) is 13.2 Å². The predicted molar refractivity (Wildman–Crippen MR) is 100 cm³/mol. The van der Waals surface area contributed by atoms with Gasteiger partial charge in [-0.2, -0.15) is 18.2 Å². The van der Waals surface area contributed by atoms with Gasteiger partial charge in [-0.25, -0.2) is 9.97 Å². The van der Waals surface area contributed by atoms with Crippen LogP contribution in [-0.2, 0) is 6.18 Å². The van der Waals surface area contributed by atoms with Gasteiger partial charge in [-0.3, -0.25) is 4.57 Å². The fourth-order valence-corrected chi connectivity index (χ4v) is 3.38. The van der Waals surface area contributed by atoms with E-state index in [2.05, 4.69) is 39.4 Å². The number of alkyl halides is 3. The predicted octanol–water partition coefficient (Wildman–Crippen LogP) is 3.78. The summed E-state index contributed by atoms with van der Waals surface area (Å²) in [6, 6.07) is 7.05. The van der Waals surface area contributed by atoms with E-state index < -0.39 is 11.7 Å². The summed E-state index contributed by atoms with van der Waals surface area (Å²) in [5, 5.41) is 6.58. The van der Waals surface area contributed by atoms with Crippen molar-refractivity contribution in [2.24, 2.45) is 0 Å². The summed E-state index contributed by atoms with van der Waals surface area (Å²) in [5.41, 5.74) is 0.311. The van der Waals surface area contributed by atoms with E-state index in [4.69, 9.17) is 0 Å². The minimum Gasteiger partial charge on any atom is -0.350 e. The van der Waals surface area contributed by atoms with Crippen LogP contribution in [0.4, 0.5) is 19.1 Å². The number of hydrogen-bond acceptors (Lipinski definition) is 5. The van der Waals surface area contributed by atoms with Crippen LogP contribution in [0.2, 0.25) is 0 Å². The molecule has 1 fully saturated rings. The molecule has 0 amide bonds. The van der Waals surface area contributed by atoms with Crippen molar-refractivity contribution in [1.82, 2.24) is 24.8 Å². The maximum atomic E-state index is 13.6. The van der Waals surface area contributed by atoms with Gasteiger partial charge in [-0.15, -0.1) is 0 Å². The van der Waals surface area contributed by atoms with Crippen molar-refractivity contribution in [3.05, 3.63) is 42.4 Å². The Morgan fingerprint density at radius 3 is 2.71 bits per heavy atom. The summed E-state index contributed by atoms with van der Waals surface area (Å²) in [5.74, 6) is -0.0601. The highest BCUT2D eigenvalue weighted by Gasteiger charge is 2.36. The lowest BCUT2D eigenvalue weighted by atomic mass is 9.91. The third-order valence-corrected chi connectivity index (χ3v) is 5.03. The summed E-state index contributed by atoms with van der Waals surface area (Å²) in [4.78, 5) is 12.3. The highest BCUT2D eigenvalue weighted by atomic mass is 19.4. The van der Waals surface area contributed by atoms with E-state index in [0.29, 0.717) is 17.6 Å². The molecule has 9 heteroatoms. The monoisotopic (exact) mass is 390 g/mol. The zero-order valence-electron chi connectivity index (χ0n) is 15.6. The zero-order chi connectivity index (χ0) is 19.9. The second-order valence-electron chi connectivity index (χ2n) is 7.68. The van der Waals surface area contributed by atoms with Gasteiger partial charge in [-0.1, -0.05) is 12.1 Å². The fraction of sp³-hybridized carbons (Fsp3) is 0.421. The Bertz CT molecular complexity index is 985. The van der Waals surface area contributed by atoms with Crippen LogP contribution in [-0.4, -0.2) is 37.6 Å². The van der Waals surface area contributed by atoms with Crippen LogP contribution in [0.25, 0.3) is 16.9 Å². The molecule has 2 N–H and O–H groups in total. The normalized spacial score (nSPS) is 19.7. The Kier molecular flexibility index (Phi) is 4.49. The SMILES string of the molecule is CC1(C)CCC(Nc2ncc(C(F)(F)F)c(-n3cnc4ccccc43)n2)CN1. The number of hydrogen-bond donors (Lipinski definition) is 2. The highest BCUT2D eigenvalue weighted by molar-refractivity contribution is 5.77. The Hall–Kier alpha value is -2.68. The van der Waals surface area contributed by atoms with Crippen molar-refractivity contribution in [1.29, 1.82) is 0 Å². The van der Waals surface area contributed by atoms with E-state index in [-0.39, 0.29) is 23.3 Å². The summed E-state index contributed by atoms with van der Waals surface area (Å²) >= 11 is 0. The Labute approximate surface area is 160 Å². The van der Waals surface area contributed by atoms with Gasteiger partial charge < -0.3 is 10.6 Å². The summed E-state index contributed by atoms with van der Waals surface area (Å²) in [6.45, 7) is 4.95. The van der Waals surface area contributed by atoms with Gasteiger partial charge in [0.1, 0.15) is 11.9 Å². The largest absolute Gasteiger partial charge is 0.421 e. The lowest BCUT2D eigenvalue weighted by Crippen LogP contribution is -2.50. The van der Waals surface area contributed by atoms with E-state index in [1.54, 1.807) is 24.3 Å². The molecule has 148 valence electrons. The van der Waals surface area contributed by atoms with Gasteiger partial charge in [0.2, 0.25) is 5.95 Å². The third kappa shape index (κ3) is 3.66. The number of benzene rings is 1. The molecule has 0 saturated carbocycles. The number of anilines is 1. The highest BCUT2D eigenvalue weighted by Crippen LogP contribution is 2.34. The lowest BCUT2D eigenvalue weighted by molar-refractivity contribution is -0.137. The molecular formula is C19H21F3N6. The van der Waals surface area contributed by atoms with Crippen LogP contribution in [0.5, 0.6) is 0 Å². The Morgan fingerprint density at radius 2 is 2.00 bits per heavy atom. The molecular weight excluding hydrogens is 369 g/mol. The third-order valence-electron chi connectivity index (χ3n) is 5.03. The van der Waals surface area contributed by atoms with Gasteiger partial charge in [0.25, 0.3) is 0 Å². The summed E-state index contributed by atoms with van der Waals surface area (Å²) in [6.07, 6.45) is -0.552. The average molecular weight is 390 g/mol. The van der Waals surface area contributed by atoms with Crippen LogP contribution >= 0.6 is 0 Å². The van der Waals surface area contributed by atoms with E-state index >= 15 is 0 Å². The number of halogens is 3. The number of fused-ring (bicyclic) bond motifs is 1. The first kappa shape index (κ1) is 18.7. The number of aromatic nitrogens is 4. The number of nitrogens with one attached hydrogen (secondary N) is 2. The van der Waals surface area contributed by atoms with Crippen LogP contribution < -0.4 is 10.6 Å². The van der Waals surface area contributed by atoms with Gasteiger partial charge in [0, 0.05) is 24.3 Å². The van der Waals surface area contributed by atoms with Crippen LogP contribution in [0.15, 0.2) is 36.8 Å². The molecule has 2 aromatic heterocycles. The molecule has 0 aliphatic carbocycles. The van der Waals surface area contributed by atoms with Crippen molar-refractivity contribution in [3.8, 4) is 5.82 Å². The number of piperidine rings is 1. The molecule has 3 heterocycles. The number of nitrogens with zero attached hydrogens (tertiary/aromatic N) is 4. The van der Waals surface area contributed by atoms with Crippen molar-refractivity contribution in [2.45, 2.75) is 44.4 Å². The molecule has 1 aliphatic heterocycles. The minimum absolute atomic E-state index is 0.0529. The van der Waals surface area contributed by atoms with Crippen LogP contribution in [0.3, 0.4) is 0 Å². The first-order valence-corrected chi connectivity index (χ1v) is 9.11. The average Bonchev–Trinajstić information content (AvgIpc) is 3.06. The molecule has 0 bridgehead atoms. The van der Waals surface area contributed by atoms with Crippen LogP contribution in [0.1, 0.15) is 32.3 Å². The second-order valence-corrected chi connectivity index (χ2v) is 7.68. The van der Waals surface area contributed by atoms with Gasteiger partial charge >= 0.3 is 6.18 Å². The van der Waals surface area contributed by atoms with Crippen molar-refractivity contribution >= 4 is 17.0 Å². The minimum atomic E-state index is -4.57. The molecule has 1 aromatic carbocycles. The lowest BCUT2D eigenvalue weighted by Gasteiger charge is -2.36. The number of rotatable bonds is 3. The van der Waals surface area contributed by atoms with Crippen LogP contribution in [0, 0.1) is 0 Å². The molecule has 1 atom stereocenters. The van der Waals surface area contributed by atoms with E-state index in [1.165, 1.54) is 10.9 Å². The zero-order valence-corrected chi connectivity index (χ0v) is 15.6. The van der Waals surface area contributed by atoms with Crippen molar-refractivity contribution in [3.63, 3.8) is 0 Å². The fourth-order valence-electron chi connectivity index (χ4n) is 3.38. The van der Waals surface area contributed by atoms with E-state index in [1.807, 2.05) is 0 Å². The van der Waals surface area contributed by atoms with Gasteiger partial charge in [0.15, 0.2) is 5.82 Å². The molecule has 0 radical (unpaired) electrons. The molecule has 1 unspecified atom stereocenters. The maximum absolute atomic E-state index is 13.6. The molecule has 6 nitrogen and oxygen atoms in total. The Balaban J connectivity index is 1.71. The maximum Gasteiger partial charge on any atom is 0.421 e. The van der Waals surface area contributed by atoms with Gasteiger partial charge in [-0.05, 0) is 38.8 Å². The van der Waals surface area contributed by atoms with Crippen molar-refractivity contribution in [2.75, 3.05) is 11.9 Å². The summed E-state index contributed by atoms with van der Waals surface area (Å²) < 4.78 is 42.1. The molecule has 3 aromatic rings. The second kappa shape index (κ2) is 6.73. The molecule has 1 aliphatic rings. The Morgan fingerprint density at radius 1 is 1.21 bits per heavy atom. The number of para-hydroxylation sites is 2. The summed E-state index contributed by atoms with van der Waals surface area (Å²) in [7, 11) is 0. The molecule has 28 heavy (non-hydrogen) atoms. The van der Waals surface area contributed by atoms with E-state index in [0.717, 1.165) is 19.0 Å². The molecule has 0 spiro atoms. The topological polar surface area (TPSA) is 67.7 Å². The van der Waals surface area contributed by atoms with Gasteiger partial charge in [0.05, 0.1) is 11.0 Å². The molecule has 4 rings (SSSR count). The number of imidazole rings is 1. The first-order chi connectivity index (χ1) is 13.2.